The van der Waals surface area contributed by atoms with E-state index in [4.69, 9.17) is 11.6 Å². The Bertz CT molecular complexity index is 562. The van der Waals surface area contributed by atoms with Crippen molar-refractivity contribution < 1.29 is 12.8 Å². The van der Waals surface area contributed by atoms with Crippen molar-refractivity contribution in [2.75, 3.05) is 7.05 Å². The van der Waals surface area contributed by atoms with Crippen molar-refractivity contribution in [1.29, 1.82) is 0 Å². The van der Waals surface area contributed by atoms with E-state index < -0.39 is 20.9 Å². The topological polar surface area (TPSA) is 46.2 Å². The summed E-state index contributed by atoms with van der Waals surface area (Å²) in [5.41, 5.74) is 0. The summed E-state index contributed by atoms with van der Waals surface area (Å²) < 4.78 is 38.3. The van der Waals surface area contributed by atoms with Crippen LogP contribution >= 0.6 is 11.6 Å². The highest BCUT2D eigenvalue weighted by Crippen LogP contribution is 2.30. The monoisotopic (exact) mass is 305 g/mol. The summed E-state index contributed by atoms with van der Waals surface area (Å²) in [4.78, 5) is 0.103. The van der Waals surface area contributed by atoms with Crippen molar-refractivity contribution in [2.24, 2.45) is 0 Å². The van der Waals surface area contributed by atoms with E-state index in [1.165, 1.54) is 12.1 Å². The fourth-order valence-electron chi connectivity index (χ4n) is 2.63. The van der Waals surface area contributed by atoms with Gasteiger partial charge in [-0.15, -0.1) is 0 Å². The molecule has 106 valence electrons. The number of halogens is 2. The van der Waals surface area contributed by atoms with Crippen LogP contribution in [-0.2, 0) is 9.84 Å². The van der Waals surface area contributed by atoms with Gasteiger partial charge in [0.1, 0.15) is 5.82 Å². The first kappa shape index (κ1) is 14.8. The molecule has 3 nitrogen and oxygen atoms in total. The van der Waals surface area contributed by atoms with Crippen LogP contribution in [0.2, 0.25) is 5.02 Å². The largest absolute Gasteiger partial charge is 0.316 e. The minimum Gasteiger partial charge on any atom is -0.316 e. The molecule has 0 bridgehead atoms. The van der Waals surface area contributed by atoms with Crippen molar-refractivity contribution in [1.82, 2.24) is 5.32 Å². The highest BCUT2D eigenvalue weighted by atomic mass is 35.5. The van der Waals surface area contributed by atoms with Gasteiger partial charge >= 0.3 is 0 Å². The molecular weight excluding hydrogens is 289 g/mol. The van der Waals surface area contributed by atoms with E-state index in [2.05, 4.69) is 5.32 Å². The fourth-order valence-corrected chi connectivity index (χ4v) is 4.94. The van der Waals surface area contributed by atoms with E-state index in [0.717, 1.165) is 25.3 Å². The molecule has 0 heterocycles. The molecular formula is C13H17ClFNO2S. The summed E-state index contributed by atoms with van der Waals surface area (Å²) in [6, 6.07) is 3.54. The van der Waals surface area contributed by atoms with Crippen LogP contribution in [0.1, 0.15) is 25.7 Å². The molecule has 2 unspecified atom stereocenters. The first-order valence-corrected chi connectivity index (χ1v) is 8.25. The van der Waals surface area contributed by atoms with E-state index in [-0.39, 0.29) is 16.0 Å². The summed E-state index contributed by atoms with van der Waals surface area (Å²) in [6.45, 7) is 0. The zero-order valence-electron chi connectivity index (χ0n) is 10.7. The number of hydrogen-bond acceptors (Lipinski definition) is 3. The SMILES string of the molecule is CNC1CCCCC1S(=O)(=O)c1ccc(F)c(Cl)c1. The van der Waals surface area contributed by atoms with Crippen molar-refractivity contribution >= 4 is 21.4 Å². The number of sulfone groups is 1. The molecule has 1 aliphatic rings. The number of hydrogen-bond donors (Lipinski definition) is 1. The van der Waals surface area contributed by atoms with Crippen LogP contribution in [0, 0.1) is 5.82 Å². The predicted octanol–water partition coefficient (Wildman–Crippen LogP) is 2.78. The highest BCUT2D eigenvalue weighted by Gasteiger charge is 2.35. The molecule has 1 N–H and O–H groups in total. The summed E-state index contributed by atoms with van der Waals surface area (Å²) in [7, 11) is -1.70. The van der Waals surface area contributed by atoms with Crippen molar-refractivity contribution in [3.63, 3.8) is 0 Å². The molecule has 0 aliphatic heterocycles. The fraction of sp³-hybridized carbons (Fsp3) is 0.538. The van der Waals surface area contributed by atoms with Gasteiger partial charge in [0.25, 0.3) is 0 Å². The van der Waals surface area contributed by atoms with Gasteiger partial charge in [-0.05, 0) is 38.1 Å². The Morgan fingerprint density at radius 3 is 2.63 bits per heavy atom. The molecule has 0 radical (unpaired) electrons. The lowest BCUT2D eigenvalue weighted by molar-refractivity contribution is 0.389. The third-order valence-corrected chi connectivity index (χ3v) is 6.25. The minimum atomic E-state index is -3.48. The highest BCUT2D eigenvalue weighted by molar-refractivity contribution is 7.92. The Hall–Kier alpha value is -0.650. The van der Waals surface area contributed by atoms with Gasteiger partial charge in [-0.25, -0.2) is 12.8 Å². The van der Waals surface area contributed by atoms with Gasteiger partial charge in [-0.1, -0.05) is 24.4 Å². The molecule has 0 aromatic heterocycles. The third-order valence-electron chi connectivity index (χ3n) is 3.69. The average molecular weight is 306 g/mol. The van der Waals surface area contributed by atoms with Gasteiger partial charge < -0.3 is 5.32 Å². The van der Waals surface area contributed by atoms with Crippen LogP contribution in [0.4, 0.5) is 4.39 Å². The first-order valence-electron chi connectivity index (χ1n) is 6.33. The second kappa shape index (κ2) is 5.77. The van der Waals surface area contributed by atoms with Crippen molar-refractivity contribution in [2.45, 2.75) is 41.9 Å². The molecule has 1 aliphatic carbocycles. The summed E-state index contributed by atoms with van der Waals surface area (Å²) in [5.74, 6) is -0.602. The quantitative estimate of drug-likeness (QED) is 0.874. The van der Waals surface area contributed by atoms with E-state index in [0.29, 0.717) is 6.42 Å². The minimum absolute atomic E-state index is 0.0532. The first-order chi connectivity index (χ1) is 8.96. The van der Waals surface area contributed by atoms with Crippen LogP contribution in [0.15, 0.2) is 23.1 Å². The van der Waals surface area contributed by atoms with Crippen LogP contribution in [0.3, 0.4) is 0 Å². The molecule has 0 amide bonds. The molecule has 2 rings (SSSR count). The van der Waals surface area contributed by atoms with Gasteiger partial charge in [0.2, 0.25) is 0 Å². The van der Waals surface area contributed by atoms with Gasteiger partial charge in [0, 0.05) is 6.04 Å². The molecule has 1 aromatic rings. The molecule has 0 saturated heterocycles. The predicted molar refractivity (Wildman–Crippen MR) is 73.7 cm³/mol. The number of rotatable bonds is 3. The van der Waals surface area contributed by atoms with Crippen molar-refractivity contribution in [3.8, 4) is 0 Å². The van der Waals surface area contributed by atoms with Crippen LogP contribution < -0.4 is 5.32 Å². The van der Waals surface area contributed by atoms with Crippen LogP contribution in [0.5, 0.6) is 0 Å². The van der Waals surface area contributed by atoms with Crippen molar-refractivity contribution in [3.05, 3.63) is 29.0 Å². The molecule has 0 spiro atoms. The second-order valence-corrected chi connectivity index (χ2v) is 7.41. The Labute approximate surface area is 118 Å². The lowest BCUT2D eigenvalue weighted by atomic mass is 9.95. The lowest BCUT2D eigenvalue weighted by Gasteiger charge is -2.30. The summed E-state index contributed by atoms with van der Waals surface area (Å²) in [6.07, 6.45) is 3.40. The van der Waals surface area contributed by atoms with Crippen LogP contribution in [-0.4, -0.2) is 26.8 Å². The van der Waals surface area contributed by atoms with E-state index in [1.54, 1.807) is 7.05 Å². The molecule has 1 saturated carbocycles. The summed E-state index contributed by atoms with van der Waals surface area (Å²) in [5, 5.41) is 2.45. The van der Waals surface area contributed by atoms with Gasteiger partial charge in [-0.2, -0.15) is 0 Å². The number of benzene rings is 1. The molecule has 19 heavy (non-hydrogen) atoms. The maximum atomic E-state index is 13.1. The Balaban J connectivity index is 2.37. The lowest BCUT2D eigenvalue weighted by Crippen LogP contribution is -2.44. The Kier molecular flexibility index (Phi) is 4.48. The van der Waals surface area contributed by atoms with Gasteiger partial charge in [-0.3, -0.25) is 0 Å². The Morgan fingerprint density at radius 2 is 2.00 bits per heavy atom. The Morgan fingerprint density at radius 1 is 1.32 bits per heavy atom. The van der Waals surface area contributed by atoms with Gasteiger partial charge in [0.05, 0.1) is 15.2 Å². The van der Waals surface area contributed by atoms with Crippen LogP contribution in [0.25, 0.3) is 0 Å². The standard InChI is InChI=1S/C13H17ClFNO2S/c1-16-12-4-2-3-5-13(12)19(17,18)9-6-7-11(15)10(14)8-9/h6-8,12-13,16H,2-5H2,1H3. The average Bonchev–Trinajstić information content (AvgIpc) is 2.41. The molecule has 6 heteroatoms. The zero-order chi connectivity index (χ0) is 14.0. The number of nitrogens with one attached hydrogen (secondary N) is 1. The van der Waals surface area contributed by atoms with E-state index in [1.807, 2.05) is 0 Å². The van der Waals surface area contributed by atoms with E-state index in [9.17, 15) is 12.8 Å². The normalized spacial score (nSPS) is 24.4. The molecule has 1 aromatic carbocycles. The van der Waals surface area contributed by atoms with Gasteiger partial charge in [0.15, 0.2) is 9.84 Å². The molecule has 1 fully saturated rings. The zero-order valence-corrected chi connectivity index (χ0v) is 12.3. The smallest absolute Gasteiger partial charge is 0.182 e. The maximum Gasteiger partial charge on any atom is 0.182 e. The summed E-state index contributed by atoms with van der Waals surface area (Å²) >= 11 is 5.67. The third kappa shape index (κ3) is 2.93. The van der Waals surface area contributed by atoms with E-state index >= 15 is 0 Å². The maximum absolute atomic E-state index is 13.1. The second-order valence-electron chi connectivity index (χ2n) is 4.84. The molecule has 2 atom stereocenters.